The number of alkyl halides is 1. The Kier molecular flexibility index (Phi) is 5.49. The van der Waals surface area contributed by atoms with Gasteiger partial charge in [-0.25, -0.2) is 14.8 Å². The summed E-state index contributed by atoms with van der Waals surface area (Å²) in [4.78, 5) is 14.3. The molecule has 7 nitrogen and oxygen atoms in total. The first kappa shape index (κ1) is 15.8. The van der Waals surface area contributed by atoms with Crippen molar-refractivity contribution in [3.8, 4) is 11.5 Å². The Morgan fingerprint density at radius 2 is 2.17 bits per heavy atom. The maximum Gasteiger partial charge on any atom is 0.182 e. The van der Waals surface area contributed by atoms with Crippen molar-refractivity contribution in [1.82, 2.24) is 19.7 Å². The predicted molar refractivity (Wildman–Crippen MR) is 82.3 cm³/mol. The molecule has 124 valence electrons. The van der Waals surface area contributed by atoms with Gasteiger partial charge >= 0.3 is 0 Å². The standard InChI is InChI=1S/C15H20FN5O2/c16-8-4-10-22-23-11-17-13-6-3-5-12(18-13)15-20-19-14-7-1-2-9-21(14)15/h3,5-6H,1-2,4,7-11H2,(H,17,18). The molecule has 8 heteroatoms. The lowest BCUT2D eigenvalue weighted by Crippen LogP contribution is -2.12. The fraction of sp³-hybridized carbons (Fsp3) is 0.533. The average molecular weight is 321 g/mol. The third-order valence-electron chi connectivity index (χ3n) is 3.59. The van der Waals surface area contributed by atoms with Crippen molar-refractivity contribution in [2.45, 2.75) is 32.2 Å². The molecule has 0 aromatic carbocycles. The zero-order valence-electron chi connectivity index (χ0n) is 12.9. The molecule has 2 aromatic rings. The molecule has 0 aliphatic carbocycles. The molecule has 0 amide bonds. The number of pyridine rings is 1. The SMILES string of the molecule is FCCCOOCNc1cccc(-c2nnc3n2CCCC3)n1. The fourth-order valence-corrected chi connectivity index (χ4v) is 2.47. The second-order valence-electron chi connectivity index (χ2n) is 5.26. The monoisotopic (exact) mass is 321 g/mol. The van der Waals surface area contributed by atoms with Crippen LogP contribution < -0.4 is 5.32 Å². The van der Waals surface area contributed by atoms with Crippen LogP contribution in [0.4, 0.5) is 10.2 Å². The van der Waals surface area contributed by atoms with Crippen molar-refractivity contribution >= 4 is 5.82 Å². The van der Waals surface area contributed by atoms with Crippen molar-refractivity contribution in [1.29, 1.82) is 0 Å². The Bertz CT molecular complexity index is 634. The Morgan fingerprint density at radius 3 is 3.09 bits per heavy atom. The second-order valence-corrected chi connectivity index (χ2v) is 5.26. The van der Waals surface area contributed by atoms with E-state index in [4.69, 9.17) is 9.78 Å². The molecule has 1 N–H and O–H groups in total. The lowest BCUT2D eigenvalue weighted by Gasteiger charge is -2.14. The zero-order valence-corrected chi connectivity index (χ0v) is 12.9. The quantitative estimate of drug-likeness (QED) is 0.348. The van der Waals surface area contributed by atoms with E-state index in [0.717, 1.165) is 43.1 Å². The highest BCUT2D eigenvalue weighted by Crippen LogP contribution is 2.22. The highest BCUT2D eigenvalue weighted by molar-refractivity contribution is 5.53. The molecule has 0 atom stereocenters. The number of fused-ring (bicyclic) bond motifs is 1. The molecular weight excluding hydrogens is 301 g/mol. The summed E-state index contributed by atoms with van der Waals surface area (Å²) < 4.78 is 14.0. The van der Waals surface area contributed by atoms with E-state index in [9.17, 15) is 4.39 Å². The molecule has 0 fully saturated rings. The maximum atomic E-state index is 11.9. The van der Waals surface area contributed by atoms with Crippen molar-refractivity contribution < 1.29 is 14.2 Å². The van der Waals surface area contributed by atoms with E-state index in [1.807, 2.05) is 18.2 Å². The number of aryl methyl sites for hydroxylation is 1. The minimum atomic E-state index is -0.414. The predicted octanol–water partition coefficient (Wildman–Crippen LogP) is 2.35. The summed E-state index contributed by atoms with van der Waals surface area (Å²) in [7, 11) is 0. The first-order valence-corrected chi connectivity index (χ1v) is 7.82. The van der Waals surface area contributed by atoms with E-state index in [0.29, 0.717) is 12.2 Å². The van der Waals surface area contributed by atoms with Crippen molar-refractivity contribution in [3.63, 3.8) is 0 Å². The molecule has 3 rings (SSSR count). The van der Waals surface area contributed by atoms with E-state index < -0.39 is 6.67 Å². The summed E-state index contributed by atoms with van der Waals surface area (Å²) in [5.41, 5.74) is 0.772. The number of rotatable bonds is 8. The smallest absolute Gasteiger partial charge is 0.182 e. The van der Waals surface area contributed by atoms with E-state index >= 15 is 0 Å². The number of hydrogen-bond acceptors (Lipinski definition) is 6. The minimum absolute atomic E-state index is 0.140. The first-order valence-electron chi connectivity index (χ1n) is 7.82. The summed E-state index contributed by atoms with van der Waals surface area (Å²) in [6, 6.07) is 5.65. The molecule has 0 saturated carbocycles. The van der Waals surface area contributed by atoms with Gasteiger partial charge in [0.05, 0.1) is 13.3 Å². The first-order chi connectivity index (χ1) is 11.4. The molecule has 0 bridgehead atoms. The van der Waals surface area contributed by atoms with Gasteiger partial charge in [-0.3, -0.25) is 4.39 Å². The number of aromatic nitrogens is 4. The van der Waals surface area contributed by atoms with Crippen LogP contribution in [0, 0.1) is 0 Å². The molecule has 0 saturated heterocycles. The van der Waals surface area contributed by atoms with Gasteiger partial charge in [-0.15, -0.1) is 10.2 Å². The Labute approximate surface area is 133 Å². The molecule has 0 spiro atoms. The van der Waals surface area contributed by atoms with Gasteiger partial charge in [0.2, 0.25) is 0 Å². The van der Waals surface area contributed by atoms with E-state index in [-0.39, 0.29) is 13.3 Å². The summed E-state index contributed by atoms with van der Waals surface area (Å²) in [6.07, 6.45) is 3.59. The van der Waals surface area contributed by atoms with E-state index in [1.165, 1.54) is 0 Å². The maximum absolute atomic E-state index is 11.9. The highest BCUT2D eigenvalue weighted by Gasteiger charge is 2.17. The Morgan fingerprint density at radius 1 is 1.22 bits per heavy atom. The molecule has 1 aliphatic rings. The number of anilines is 1. The molecular formula is C15H20FN5O2. The largest absolute Gasteiger partial charge is 0.345 e. The van der Waals surface area contributed by atoms with Crippen LogP contribution in [0.25, 0.3) is 11.5 Å². The van der Waals surface area contributed by atoms with Crippen LogP contribution in [-0.2, 0) is 22.7 Å². The van der Waals surface area contributed by atoms with E-state index in [2.05, 4.69) is 25.1 Å². The van der Waals surface area contributed by atoms with Gasteiger partial charge in [0.1, 0.15) is 17.3 Å². The lowest BCUT2D eigenvalue weighted by atomic mass is 10.1. The summed E-state index contributed by atoms with van der Waals surface area (Å²) in [6.45, 7) is 0.893. The van der Waals surface area contributed by atoms with Crippen LogP contribution in [-0.4, -0.2) is 39.8 Å². The third kappa shape index (κ3) is 4.02. The topological polar surface area (TPSA) is 74.1 Å². The van der Waals surface area contributed by atoms with Gasteiger partial charge in [-0.1, -0.05) is 6.07 Å². The molecule has 3 heterocycles. The van der Waals surface area contributed by atoms with Gasteiger partial charge in [0.25, 0.3) is 0 Å². The number of halogens is 1. The molecule has 0 unspecified atom stereocenters. The molecule has 0 radical (unpaired) electrons. The fourth-order valence-electron chi connectivity index (χ4n) is 2.47. The molecule has 2 aromatic heterocycles. The summed E-state index contributed by atoms with van der Waals surface area (Å²) in [5, 5.41) is 11.5. The second kappa shape index (κ2) is 7.98. The summed E-state index contributed by atoms with van der Waals surface area (Å²) >= 11 is 0. The van der Waals surface area contributed by atoms with Gasteiger partial charge in [-0.05, 0) is 25.0 Å². The minimum Gasteiger partial charge on any atom is -0.345 e. The number of nitrogens with zero attached hydrogens (tertiary/aromatic N) is 4. The Hall–Kier alpha value is -2.06. The molecule has 23 heavy (non-hydrogen) atoms. The number of nitrogens with one attached hydrogen (secondary N) is 1. The van der Waals surface area contributed by atoms with Crippen LogP contribution in [0.15, 0.2) is 18.2 Å². The van der Waals surface area contributed by atoms with Crippen LogP contribution in [0.2, 0.25) is 0 Å². The van der Waals surface area contributed by atoms with Crippen LogP contribution in [0.1, 0.15) is 25.1 Å². The molecule has 1 aliphatic heterocycles. The van der Waals surface area contributed by atoms with Crippen LogP contribution in [0.5, 0.6) is 0 Å². The lowest BCUT2D eigenvalue weighted by molar-refractivity contribution is -0.290. The number of hydrogen-bond donors (Lipinski definition) is 1. The Balaban J connectivity index is 1.60. The van der Waals surface area contributed by atoms with Gasteiger partial charge < -0.3 is 9.88 Å². The van der Waals surface area contributed by atoms with Gasteiger partial charge in [-0.2, -0.15) is 0 Å². The van der Waals surface area contributed by atoms with Gasteiger partial charge in [0, 0.05) is 19.4 Å². The highest BCUT2D eigenvalue weighted by atomic mass is 19.1. The zero-order chi connectivity index (χ0) is 15.9. The van der Waals surface area contributed by atoms with Crippen molar-refractivity contribution in [3.05, 3.63) is 24.0 Å². The van der Waals surface area contributed by atoms with Crippen molar-refractivity contribution in [2.75, 3.05) is 25.3 Å². The van der Waals surface area contributed by atoms with Crippen LogP contribution >= 0.6 is 0 Å². The van der Waals surface area contributed by atoms with Gasteiger partial charge in [0.15, 0.2) is 12.6 Å². The average Bonchev–Trinajstić information content (AvgIpc) is 3.02. The van der Waals surface area contributed by atoms with E-state index in [1.54, 1.807) is 0 Å². The van der Waals surface area contributed by atoms with Crippen LogP contribution in [0.3, 0.4) is 0 Å². The third-order valence-corrected chi connectivity index (χ3v) is 3.59. The summed E-state index contributed by atoms with van der Waals surface area (Å²) in [5.74, 6) is 2.48. The van der Waals surface area contributed by atoms with Crippen molar-refractivity contribution in [2.24, 2.45) is 0 Å². The normalized spacial score (nSPS) is 13.8.